The second-order valence-electron chi connectivity index (χ2n) is 5.99. The van der Waals surface area contributed by atoms with E-state index in [1.54, 1.807) is 22.4 Å². The van der Waals surface area contributed by atoms with E-state index < -0.39 is 5.82 Å². The lowest BCUT2D eigenvalue weighted by Gasteiger charge is -2.15. The van der Waals surface area contributed by atoms with E-state index in [9.17, 15) is 14.0 Å². The van der Waals surface area contributed by atoms with Gasteiger partial charge in [0.25, 0.3) is 0 Å². The molecule has 7 heteroatoms. The van der Waals surface area contributed by atoms with Crippen molar-refractivity contribution in [3.05, 3.63) is 88.6 Å². The zero-order valence-corrected chi connectivity index (χ0v) is 16.0. The number of rotatable bonds is 7. The molecule has 0 radical (unpaired) electrons. The van der Waals surface area contributed by atoms with Gasteiger partial charge in [-0.15, -0.1) is 11.8 Å². The highest BCUT2D eigenvalue weighted by Gasteiger charge is 2.12. The molecule has 1 heterocycles. The van der Waals surface area contributed by atoms with Crippen LogP contribution in [0.1, 0.15) is 5.69 Å². The molecule has 0 aliphatic rings. The molecular formula is C21H19FN2O3S. The number of hydrogen-bond donors (Lipinski definition) is 1. The van der Waals surface area contributed by atoms with Crippen LogP contribution in [0, 0.1) is 5.82 Å². The minimum Gasteiger partial charge on any atom is -0.491 e. The molecule has 144 valence electrons. The molecule has 0 saturated carbocycles. The highest BCUT2D eigenvalue weighted by atomic mass is 32.2. The quantitative estimate of drug-likeness (QED) is 0.613. The number of amides is 1. The predicted octanol–water partition coefficient (Wildman–Crippen LogP) is 3.93. The Kier molecular flexibility index (Phi) is 6.49. The zero-order valence-electron chi connectivity index (χ0n) is 15.2. The van der Waals surface area contributed by atoms with Gasteiger partial charge in [0.1, 0.15) is 12.4 Å². The summed E-state index contributed by atoms with van der Waals surface area (Å²) in [5, 5.41) is 2.66. The van der Waals surface area contributed by atoms with E-state index >= 15 is 0 Å². The molecule has 5 nitrogen and oxygen atoms in total. The third-order valence-corrected chi connectivity index (χ3v) is 5.00. The Labute approximate surface area is 166 Å². The van der Waals surface area contributed by atoms with Crippen LogP contribution < -0.4 is 15.5 Å². The third-order valence-electron chi connectivity index (χ3n) is 3.95. The number of aromatic nitrogens is 1. The van der Waals surface area contributed by atoms with E-state index in [0.717, 1.165) is 4.90 Å². The number of anilines is 1. The molecule has 0 bridgehead atoms. The van der Waals surface area contributed by atoms with E-state index in [0.29, 0.717) is 17.1 Å². The lowest BCUT2D eigenvalue weighted by Crippen LogP contribution is -2.22. The van der Waals surface area contributed by atoms with Crippen molar-refractivity contribution in [2.24, 2.45) is 0 Å². The number of hydrogen-bond acceptors (Lipinski definition) is 4. The van der Waals surface area contributed by atoms with Crippen LogP contribution in [0.4, 0.5) is 10.1 Å². The maximum Gasteiger partial charge on any atom is 0.244 e. The van der Waals surface area contributed by atoms with Gasteiger partial charge >= 0.3 is 0 Å². The Morgan fingerprint density at radius 2 is 1.93 bits per heavy atom. The summed E-state index contributed by atoms with van der Waals surface area (Å²) in [6, 6.07) is 16.9. The summed E-state index contributed by atoms with van der Waals surface area (Å²) in [5.41, 5.74) is 0.820. The highest BCUT2D eigenvalue weighted by molar-refractivity contribution is 7.98. The maximum atomic E-state index is 13.3. The minimum atomic E-state index is -0.428. The number of ether oxygens (including phenoxy) is 1. The molecule has 0 spiro atoms. The number of methoxy groups -OCH3 is 1. The Bertz CT molecular complexity index is 1020. The number of pyridine rings is 1. The van der Waals surface area contributed by atoms with Crippen molar-refractivity contribution in [3.8, 4) is 5.75 Å². The smallest absolute Gasteiger partial charge is 0.244 e. The fraction of sp³-hybridized carbons (Fsp3) is 0.143. The molecule has 1 aromatic heterocycles. The molecule has 2 aromatic carbocycles. The Morgan fingerprint density at radius 1 is 1.14 bits per heavy atom. The number of carbonyl (C=O) groups is 1. The van der Waals surface area contributed by atoms with Gasteiger partial charge in [0.2, 0.25) is 11.3 Å². The molecule has 3 rings (SSSR count). The molecule has 0 unspecified atom stereocenters. The first-order chi connectivity index (χ1) is 13.5. The van der Waals surface area contributed by atoms with Gasteiger partial charge in [0, 0.05) is 28.1 Å². The number of nitrogens with zero attached hydrogens (tertiary/aromatic N) is 1. The van der Waals surface area contributed by atoms with Crippen LogP contribution in [-0.4, -0.2) is 17.6 Å². The molecule has 0 saturated heterocycles. The summed E-state index contributed by atoms with van der Waals surface area (Å²) >= 11 is 1.56. The van der Waals surface area contributed by atoms with Crippen molar-refractivity contribution in [2.45, 2.75) is 17.2 Å². The normalized spacial score (nSPS) is 10.5. The molecular weight excluding hydrogens is 379 g/mol. The molecule has 1 N–H and O–H groups in total. The van der Waals surface area contributed by atoms with E-state index in [1.165, 1.54) is 37.6 Å². The first-order valence-corrected chi connectivity index (χ1v) is 9.54. The molecule has 0 aliphatic carbocycles. The van der Waals surface area contributed by atoms with Gasteiger partial charge in [-0.1, -0.05) is 24.3 Å². The summed E-state index contributed by atoms with van der Waals surface area (Å²) in [7, 11) is 1.41. The van der Waals surface area contributed by atoms with Crippen LogP contribution in [0.15, 0.2) is 76.6 Å². The van der Waals surface area contributed by atoms with Crippen molar-refractivity contribution in [2.75, 3.05) is 12.4 Å². The summed E-state index contributed by atoms with van der Waals surface area (Å²) in [6.45, 7) is -0.0299. The minimum absolute atomic E-state index is 0.0299. The lowest BCUT2D eigenvalue weighted by atomic mass is 10.3. The van der Waals surface area contributed by atoms with E-state index in [2.05, 4.69) is 5.32 Å². The van der Waals surface area contributed by atoms with Gasteiger partial charge < -0.3 is 14.6 Å². The van der Waals surface area contributed by atoms with Gasteiger partial charge in [0.15, 0.2) is 5.75 Å². The van der Waals surface area contributed by atoms with Crippen LogP contribution in [0.2, 0.25) is 0 Å². The standard InChI is InChI=1S/C21H19FN2O3S/c1-27-20-12-24(13-21(26)23-16-7-5-6-15(22)10-16)17(11-19(20)25)14-28-18-8-3-2-4-9-18/h2-12H,13-14H2,1H3,(H,23,26). The summed E-state index contributed by atoms with van der Waals surface area (Å²) in [5.74, 6) is -0.0895. The van der Waals surface area contributed by atoms with E-state index in [1.807, 2.05) is 30.3 Å². The van der Waals surface area contributed by atoms with Gasteiger partial charge in [-0.2, -0.15) is 0 Å². The van der Waals surface area contributed by atoms with Crippen LogP contribution in [-0.2, 0) is 17.1 Å². The van der Waals surface area contributed by atoms with Crippen molar-refractivity contribution in [3.63, 3.8) is 0 Å². The largest absolute Gasteiger partial charge is 0.491 e. The first kappa shape index (κ1) is 19.7. The number of benzene rings is 2. The number of halogens is 1. The maximum absolute atomic E-state index is 13.3. The Hall–Kier alpha value is -3.06. The van der Waals surface area contributed by atoms with Crippen LogP contribution >= 0.6 is 11.8 Å². The average Bonchev–Trinajstić information content (AvgIpc) is 2.68. The number of thioether (sulfide) groups is 1. The van der Waals surface area contributed by atoms with Crippen LogP contribution in [0.3, 0.4) is 0 Å². The van der Waals surface area contributed by atoms with Crippen molar-refractivity contribution < 1.29 is 13.9 Å². The fourth-order valence-electron chi connectivity index (χ4n) is 2.61. The number of nitrogens with one attached hydrogen (secondary N) is 1. The monoisotopic (exact) mass is 398 g/mol. The van der Waals surface area contributed by atoms with Crippen molar-refractivity contribution >= 4 is 23.4 Å². The molecule has 0 atom stereocenters. The first-order valence-electron chi connectivity index (χ1n) is 8.56. The highest BCUT2D eigenvalue weighted by Crippen LogP contribution is 2.22. The SMILES string of the molecule is COc1cn(CC(=O)Nc2cccc(F)c2)c(CSc2ccccc2)cc1=O. The topological polar surface area (TPSA) is 60.3 Å². The molecule has 28 heavy (non-hydrogen) atoms. The molecule has 0 aliphatic heterocycles. The van der Waals surface area contributed by atoms with E-state index in [4.69, 9.17) is 4.74 Å². The Balaban J connectivity index is 1.79. The van der Waals surface area contributed by atoms with Crippen molar-refractivity contribution in [1.82, 2.24) is 4.57 Å². The molecule has 1 amide bonds. The molecule has 3 aromatic rings. The summed E-state index contributed by atoms with van der Waals surface area (Å²) < 4.78 is 20.1. The average molecular weight is 398 g/mol. The van der Waals surface area contributed by atoms with Crippen LogP contribution in [0.25, 0.3) is 0 Å². The predicted molar refractivity (Wildman–Crippen MR) is 108 cm³/mol. The van der Waals surface area contributed by atoms with Crippen molar-refractivity contribution in [1.29, 1.82) is 0 Å². The van der Waals surface area contributed by atoms with Gasteiger partial charge in [0.05, 0.1) is 13.3 Å². The summed E-state index contributed by atoms with van der Waals surface area (Å²) in [6.07, 6.45) is 1.52. The van der Waals surface area contributed by atoms with Gasteiger partial charge in [-0.05, 0) is 30.3 Å². The fourth-order valence-corrected chi connectivity index (χ4v) is 3.53. The third kappa shape index (κ3) is 5.23. The van der Waals surface area contributed by atoms with Gasteiger partial charge in [-0.3, -0.25) is 9.59 Å². The van der Waals surface area contributed by atoms with E-state index in [-0.39, 0.29) is 23.6 Å². The second-order valence-corrected chi connectivity index (χ2v) is 7.03. The lowest BCUT2D eigenvalue weighted by molar-refractivity contribution is -0.116. The number of carbonyl (C=O) groups excluding carboxylic acids is 1. The molecule has 0 fully saturated rings. The van der Waals surface area contributed by atoms with Gasteiger partial charge in [-0.25, -0.2) is 4.39 Å². The second kappa shape index (κ2) is 9.23. The Morgan fingerprint density at radius 3 is 2.64 bits per heavy atom. The zero-order chi connectivity index (χ0) is 19.9. The summed E-state index contributed by atoms with van der Waals surface area (Å²) in [4.78, 5) is 25.6. The van der Waals surface area contributed by atoms with Crippen LogP contribution in [0.5, 0.6) is 5.75 Å².